The predicted molar refractivity (Wildman–Crippen MR) is 111 cm³/mol. The molecule has 1 aromatic carbocycles. The number of fused-ring (bicyclic) bond motifs is 1. The lowest BCUT2D eigenvalue weighted by molar-refractivity contribution is 0.102. The van der Waals surface area contributed by atoms with Gasteiger partial charge in [0.25, 0.3) is 5.91 Å². The molecule has 0 radical (unpaired) electrons. The zero-order valence-corrected chi connectivity index (χ0v) is 16.5. The number of aromatic nitrogens is 2. The first-order chi connectivity index (χ1) is 13.5. The van der Waals surface area contributed by atoms with Gasteiger partial charge in [-0.3, -0.25) is 15.1 Å². The molecular formula is C19H18N4O3S2. The third-order valence-corrected chi connectivity index (χ3v) is 6.54. The number of rotatable bonds is 8. The predicted octanol–water partition coefficient (Wildman–Crippen LogP) is 3.31. The average Bonchev–Trinajstić information content (AvgIpc) is 3.09. The fraction of sp³-hybridized carbons (Fsp3) is 0.105. The van der Waals surface area contributed by atoms with Crippen LogP contribution in [0, 0.1) is 0 Å². The molecule has 28 heavy (non-hydrogen) atoms. The Balaban J connectivity index is 1.89. The third-order valence-electron chi connectivity index (χ3n) is 3.78. The van der Waals surface area contributed by atoms with Crippen LogP contribution in [0.1, 0.15) is 10.5 Å². The Bertz CT molecular complexity index is 1110. The van der Waals surface area contributed by atoms with E-state index < -0.39 is 10.0 Å². The number of carbonyl (C=O) groups excluding carboxylic acids is 1. The summed E-state index contributed by atoms with van der Waals surface area (Å²) in [5.41, 5.74) is 0.869. The molecule has 0 aliphatic heterocycles. The van der Waals surface area contributed by atoms with Gasteiger partial charge in [0.1, 0.15) is 5.69 Å². The molecule has 9 heteroatoms. The van der Waals surface area contributed by atoms with Crippen molar-refractivity contribution in [2.24, 2.45) is 0 Å². The Labute approximate surface area is 167 Å². The third kappa shape index (κ3) is 4.16. The lowest BCUT2D eigenvalue weighted by Gasteiger charge is -2.18. The summed E-state index contributed by atoms with van der Waals surface area (Å²) < 4.78 is 27.6. The molecule has 0 spiro atoms. The number of hydrogen-bond acceptors (Lipinski definition) is 6. The zero-order chi connectivity index (χ0) is 20.1. The van der Waals surface area contributed by atoms with Crippen molar-refractivity contribution in [3.63, 3.8) is 0 Å². The van der Waals surface area contributed by atoms with Gasteiger partial charge in [0.15, 0.2) is 5.13 Å². The number of sulfonamides is 1. The standard InChI is InChI=1S/C19H18N4O3S2/c1-3-11-23(12-4-2)28(25,26)14-8-9-15-17(13-14)27-19(21-15)22-18(24)16-7-5-6-10-20-16/h3-10,13H,1-2,11-12H2,(H,21,22,24). The van der Waals surface area contributed by atoms with Crippen LogP contribution in [0.4, 0.5) is 5.13 Å². The van der Waals surface area contributed by atoms with Crippen LogP contribution in [0.5, 0.6) is 0 Å². The second kappa shape index (κ2) is 8.42. The highest BCUT2D eigenvalue weighted by molar-refractivity contribution is 7.89. The van der Waals surface area contributed by atoms with Crippen LogP contribution in [0.3, 0.4) is 0 Å². The molecule has 0 saturated heterocycles. The van der Waals surface area contributed by atoms with Crippen molar-refractivity contribution in [1.29, 1.82) is 0 Å². The van der Waals surface area contributed by atoms with Crippen LogP contribution in [0.25, 0.3) is 10.2 Å². The Hall–Kier alpha value is -2.88. The molecule has 0 saturated carbocycles. The summed E-state index contributed by atoms with van der Waals surface area (Å²) in [5, 5.41) is 3.06. The fourth-order valence-electron chi connectivity index (χ4n) is 2.48. The van der Waals surface area contributed by atoms with Gasteiger partial charge < -0.3 is 0 Å². The first-order valence-electron chi connectivity index (χ1n) is 8.30. The second-order valence-electron chi connectivity index (χ2n) is 5.72. The Morgan fingerprint density at radius 1 is 1.18 bits per heavy atom. The lowest BCUT2D eigenvalue weighted by atomic mass is 10.3. The topological polar surface area (TPSA) is 92.3 Å². The van der Waals surface area contributed by atoms with Crippen molar-refractivity contribution in [1.82, 2.24) is 14.3 Å². The van der Waals surface area contributed by atoms with Gasteiger partial charge in [-0.25, -0.2) is 13.4 Å². The van der Waals surface area contributed by atoms with E-state index in [4.69, 9.17) is 0 Å². The Morgan fingerprint density at radius 2 is 1.93 bits per heavy atom. The second-order valence-corrected chi connectivity index (χ2v) is 8.69. The van der Waals surface area contributed by atoms with Gasteiger partial charge in [0.2, 0.25) is 10.0 Å². The van der Waals surface area contributed by atoms with Crippen molar-refractivity contribution in [3.05, 3.63) is 73.6 Å². The van der Waals surface area contributed by atoms with E-state index in [2.05, 4.69) is 28.4 Å². The molecule has 0 aliphatic rings. The molecule has 7 nitrogen and oxygen atoms in total. The lowest BCUT2D eigenvalue weighted by Crippen LogP contribution is -2.31. The van der Waals surface area contributed by atoms with Crippen molar-refractivity contribution in [2.75, 3.05) is 18.4 Å². The number of thiazole rings is 1. The highest BCUT2D eigenvalue weighted by Gasteiger charge is 2.23. The van der Waals surface area contributed by atoms with E-state index in [9.17, 15) is 13.2 Å². The summed E-state index contributed by atoms with van der Waals surface area (Å²) in [7, 11) is -3.70. The molecular weight excluding hydrogens is 396 g/mol. The van der Waals surface area contributed by atoms with E-state index in [1.165, 1.54) is 40.1 Å². The molecule has 144 valence electrons. The minimum Gasteiger partial charge on any atom is -0.296 e. The minimum atomic E-state index is -3.70. The molecule has 2 aromatic heterocycles. The van der Waals surface area contributed by atoms with Crippen LogP contribution in [0.2, 0.25) is 0 Å². The number of nitrogens with one attached hydrogen (secondary N) is 1. The molecule has 3 rings (SSSR count). The summed E-state index contributed by atoms with van der Waals surface area (Å²) in [5.74, 6) is -0.379. The maximum absolute atomic E-state index is 12.9. The highest BCUT2D eigenvalue weighted by Crippen LogP contribution is 2.29. The number of nitrogens with zero attached hydrogens (tertiary/aromatic N) is 3. The Kier molecular flexibility index (Phi) is 5.98. The maximum Gasteiger partial charge on any atom is 0.276 e. The average molecular weight is 415 g/mol. The molecule has 0 atom stereocenters. The number of anilines is 1. The van der Waals surface area contributed by atoms with Crippen molar-refractivity contribution in [3.8, 4) is 0 Å². The summed E-state index contributed by atoms with van der Waals surface area (Å²) in [6, 6.07) is 9.71. The highest BCUT2D eigenvalue weighted by atomic mass is 32.2. The molecule has 0 fully saturated rings. The van der Waals surface area contributed by atoms with Gasteiger partial charge >= 0.3 is 0 Å². The van der Waals surface area contributed by atoms with Gasteiger partial charge in [0.05, 0.1) is 15.1 Å². The van der Waals surface area contributed by atoms with Gasteiger partial charge in [-0.05, 0) is 30.3 Å². The summed E-state index contributed by atoms with van der Waals surface area (Å²) in [6.07, 6.45) is 4.58. The molecule has 2 heterocycles. The molecule has 1 amide bonds. The quantitative estimate of drug-likeness (QED) is 0.571. The van der Waals surface area contributed by atoms with E-state index in [-0.39, 0.29) is 29.6 Å². The number of carbonyl (C=O) groups is 1. The van der Waals surface area contributed by atoms with Crippen LogP contribution in [0.15, 0.2) is 72.8 Å². The first-order valence-corrected chi connectivity index (χ1v) is 10.6. The van der Waals surface area contributed by atoms with Gasteiger partial charge in [-0.1, -0.05) is 29.6 Å². The molecule has 0 aliphatic carbocycles. The van der Waals surface area contributed by atoms with Crippen molar-refractivity contribution >= 4 is 42.6 Å². The monoisotopic (exact) mass is 414 g/mol. The van der Waals surface area contributed by atoms with E-state index in [1.54, 1.807) is 30.3 Å². The number of pyridine rings is 1. The fourth-order valence-corrected chi connectivity index (χ4v) is 4.87. The Morgan fingerprint density at radius 3 is 2.57 bits per heavy atom. The summed E-state index contributed by atoms with van der Waals surface area (Å²) in [6.45, 7) is 7.57. The van der Waals surface area contributed by atoms with E-state index in [0.717, 1.165) is 0 Å². The zero-order valence-electron chi connectivity index (χ0n) is 14.9. The van der Waals surface area contributed by atoms with Gasteiger partial charge in [0, 0.05) is 19.3 Å². The molecule has 0 bridgehead atoms. The van der Waals surface area contributed by atoms with Crippen LogP contribution < -0.4 is 5.32 Å². The van der Waals surface area contributed by atoms with Gasteiger partial charge in [-0.2, -0.15) is 4.31 Å². The molecule has 0 unspecified atom stereocenters. The number of hydrogen-bond donors (Lipinski definition) is 1. The SMILES string of the molecule is C=CCN(CC=C)S(=O)(=O)c1ccc2nc(NC(=O)c3ccccn3)sc2c1. The number of benzene rings is 1. The summed E-state index contributed by atoms with van der Waals surface area (Å²) in [4.78, 5) is 20.7. The van der Waals surface area contributed by atoms with E-state index >= 15 is 0 Å². The summed E-state index contributed by atoms with van der Waals surface area (Å²) >= 11 is 1.19. The minimum absolute atomic E-state index is 0.148. The largest absolute Gasteiger partial charge is 0.296 e. The first kappa shape index (κ1) is 19.9. The molecule has 3 aromatic rings. The van der Waals surface area contributed by atoms with E-state index in [0.29, 0.717) is 15.3 Å². The van der Waals surface area contributed by atoms with Crippen molar-refractivity contribution < 1.29 is 13.2 Å². The maximum atomic E-state index is 12.9. The van der Waals surface area contributed by atoms with E-state index in [1.807, 2.05) is 0 Å². The molecule has 1 N–H and O–H groups in total. The van der Waals surface area contributed by atoms with Crippen LogP contribution in [-0.2, 0) is 10.0 Å². The normalized spacial score (nSPS) is 11.5. The van der Waals surface area contributed by atoms with Gasteiger partial charge in [-0.15, -0.1) is 13.2 Å². The van der Waals surface area contributed by atoms with Crippen molar-refractivity contribution in [2.45, 2.75) is 4.90 Å². The van der Waals surface area contributed by atoms with Crippen LogP contribution in [-0.4, -0.2) is 41.7 Å². The number of amides is 1. The van der Waals surface area contributed by atoms with Crippen LogP contribution >= 0.6 is 11.3 Å². The smallest absolute Gasteiger partial charge is 0.276 e.